The van der Waals surface area contributed by atoms with Crippen LogP contribution < -0.4 is 5.73 Å². The average Bonchev–Trinajstić information content (AvgIpc) is 3.02. The summed E-state index contributed by atoms with van der Waals surface area (Å²) >= 11 is 0. The summed E-state index contributed by atoms with van der Waals surface area (Å²) in [5.41, 5.74) is 6.31. The maximum absolute atomic E-state index is 13.7. The summed E-state index contributed by atoms with van der Waals surface area (Å²) in [6, 6.07) is 7.09. The van der Waals surface area contributed by atoms with Crippen LogP contribution in [0.3, 0.4) is 0 Å². The molecule has 0 bridgehead atoms. The van der Waals surface area contributed by atoms with Crippen molar-refractivity contribution < 1.29 is 9.18 Å². The summed E-state index contributed by atoms with van der Waals surface area (Å²) in [4.78, 5) is 14.5. The number of halogens is 2. The summed E-state index contributed by atoms with van der Waals surface area (Å²) in [7, 11) is 0. The summed E-state index contributed by atoms with van der Waals surface area (Å²) in [6.45, 7) is 2.81. The Balaban J connectivity index is 0.00000242. The van der Waals surface area contributed by atoms with E-state index in [-0.39, 0.29) is 30.0 Å². The van der Waals surface area contributed by atoms with Gasteiger partial charge < -0.3 is 10.6 Å². The second-order valence-electron chi connectivity index (χ2n) is 5.95. The van der Waals surface area contributed by atoms with Gasteiger partial charge in [-0.25, -0.2) is 4.39 Å². The number of nitrogens with zero attached hydrogens (tertiary/aromatic N) is 1. The van der Waals surface area contributed by atoms with Crippen LogP contribution in [-0.2, 0) is 11.2 Å². The van der Waals surface area contributed by atoms with E-state index >= 15 is 0 Å². The average molecular weight is 329 g/mol. The zero-order valence-corrected chi connectivity index (χ0v) is 13.9. The van der Waals surface area contributed by atoms with Crippen LogP contribution in [-0.4, -0.2) is 29.9 Å². The van der Waals surface area contributed by atoms with Gasteiger partial charge in [-0.2, -0.15) is 0 Å². The van der Waals surface area contributed by atoms with E-state index in [0.29, 0.717) is 31.1 Å². The van der Waals surface area contributed by atoms with Gasteiger partial charge in [0.15, 0.2) is 0 Å². The van der Waals surface area contributed by atoms with Gasteiger partial charge in [0.2, 0.25) is 5.91 Å². The lowest BCUT2D eigenvalue weighted by atomic mass is 10.1. The topological polar surface area (TPSA) is 46.3 Å². The molecule has 0 aliphatic heterocycles. The molecule has 0 spiro atoms. The number of amides is 1. The molecule has 1 saturated carbocycles. The van der Waals surface area contributed by atoms with E-state index in [1.165, 1.54) is 18.9 Å². The highest BCUT2D eigenvalue weighted by Crippen LogP contribution is 2.25. The largest absolute Gasteiger partial charge is 0.339 e. The molecule has 0 radical (unpaired) electrons. The van der Waals surface area contributed by atoms with E-state index in [1.807, 2.05) is 17.9 Å². The summed E-state index contributed by atoms with van der Waals surface area (Å²) in [6.07, 6.45) is 5.02. The Hall–Kier alpha value is -1.13. The van der Waals surface area contributed by atoms with Crippen LogP contribution in [0.1, 0.15) is 38.2 Å². The molecule has 2 N–H and O–H groups in total. The van der Waals surface area contributed by atoms with Gasteiger partial charge in [-0.1, -0.05) is 38.0 Å². The van der Waals surface area contributed by atoms with Crippen molar-refractivity contribution in [2.24, 2.45) is 11.7 Å². The molecule has 2 rings (SSSR count). The Labute approximate surface area is 138 Å². The number of carbonyl (C=O) groups excluding carboxylic acids is 1. The minimum Gasteiger partial charge on any atom is -0.339 e. The Morgan fingerprint density at radius 2 is 2.00 bits per heavy atom. The number of hydrogen-bond donors (Lipinski definition) is 1. The van der Waals surface area contributed by atoms with Crippen molar-refractivity contribution in [3.63, 3.8) is 0 Å². The second kappa shape index (κ2) is 9.11. The monoisotopic (exact) mass is 328 g/mol. The van der Waals surface area contributed by atoms with Crippen LogP contribution in [0.15, 0.2) is 24.3 Å². The molecule has 5 heteroatoms. The minimum atomic E-state index is -0.191. The Kier molecular flexibility index (Phi) is 7.83. The molecule has 1 aliphatic rings. The molecular formula is C17H26ClFN2O. The van der Waals surface area contributed by atoms with Crippen molar-refractivity contribution in [3.05, 3.63) is 35.6 Å². The van der Waals surface area contributed by atoms with Crippen LogP contribution in [0.4, 0.5) is 4.39 Å². The molecule has 1 atom stereocenters. The van der Waals surface area contributed by atoms with Gasteiger partial charge in [0.25, 0.3) is 0 Å². The van der Waals surface area contributed by atoms with E-state index in [2.05, 4.69) is 0 Å². The molecule has 1 fully saturated rings. The summed E-state index contributed by atoms with van der Waals surface area (Å²) in [5.74, 6) is -0.241. The smallest absolute Gasteiger partial charge is 0.226 e. The molecule has 0 saturated heterocycles. The van der Waals surface area contributed by atoms with Crippen molar-refractivity contribution in [2.75, 3.05) is 13.1 Å². The van der Waals surface area contributed by atoms with E-state index in [9.17, 15) is 9.18 Å². The predicted octanol–water partition coefficient (Wildman–Crippen LogP) is 3.16. The third-order valence-corrected chi connectivity index (χ3v) is 4.40. The van der Waals surface area contributed by atoms with Crippen molar-refractivity contribution in [2.45, 2.75) is 45.1 Å². The lowest BCUT2D eigenvalue weighted by Crippen LogP contribution is -2.44. The molecule has 124 valence electrons. The molecule has 1 aromatic rings. The van der Waals surface area contributed by atoms with Crippen LogP contribution in [0.25, 0.3) is 0 Å². The summed E-state index contributed by atoms with van der Waals surface area (Å²) in [5, 5.41) is 0. The number of benzene rings is 1. The molecular weight excluding hydrogens is 303 g/mol. The van der Waals surface area contributed by atoms with Crippen molar-refractivity contribution in [1.29, 1.82) is 0 Å². The first-order chi connectivity index (χ1) is 10.1. The van der Waals surface area contributed by atoms with E-state index < -0.39 is 0 Å². The zero-order valence-electron chi connectivity index (χ0n) is 13.1. The lowest BCUT2D eigenvalue weighted by Gasteiger charge is -2.31. The number of rotatable bonds is 6. The van der Waals surface area contributed by atoms with Gasteiger partial charge in [0, 0.05) is 25.0 Å². The third-order valence-electron chi connectivity index (χ3n) is 4.40. The summed E-state index contributed by atoms with van der Waals surface area (Å²) < 4.78 is 13.7. The Morgan fingerprint density at radius 1 is 1.36 bits per heavy atom. The molecule has 1 unspecified atom stereocenters. The zero-order chi connectivity index (χ0) is 15.2. The Morgan fingerprint density at radius 3 is 2.59 bits per heavy atom. The fraction of sp³-hybridized carbons (Fsp3) is 0.588. The van der Waals surface area contributed by atoms with Crippen LogP contribution in [0, 0.1) is 11.7 Å². The van der Waals surface area contributed by atoms with Crippen molar-refractivity contribution >= 4 is 18.3 Å². The van der Waals surface area contributed by atoms with E-state index in [0.717, 1.165) is 12.8 Å². The third kappa shape index (κ3) is 4.68. The van der Waals surface area contributed by atoms with Crippen molar-refractivity contribution in [3.8, 4) is 0 Å². The molecule has 3 nitrogen and oxygen atoms in total. The molecule has 1 amide bonds. The molecule has 0 heterocycles. The molecule has 0 aromatic heterocycles. The minimum absolute atomic E-state index is 0. The van der Waals surface area contributed by atoms with Crippen LogP contribution in [0.5, 0.6) is 0 Å². The fourth-order valence-corrected chi connectivity index (χ4v) is 3.01. The lowest BCUT2D eigenvalue weighted by molar-refractivity contribution is -0.137. The van der Waals surface area contributed by atoms with Crippen LogP contribution >= 0.6 is 12.4 Å². The predicted molar refractivity (Wildman–Crippen MR) is 89.5 cm³/mol. The quantitative estimate of drug-likeness (QED) is 0.872. The second-order valence-corrected chi connectivity index (χ2v) is 5.95. The Bertz CT molecular complexity index is 477. The molecule has 1 aromatic carbocycles. The maximum atomic E-state index is 13.7. The standard InChI is InChI=1S/C17H25FN2O.ClH/c1-13(12-19)17(21)20(15-7-3-4-8-15)11-10-14-6-2-5-9-16(14)18;/h2,5-6,9,13,15H,3-4,7-8,10-12,19H2,1H3;1H. The first-order valence-electron chi connectivity index (χ1n) is 7.87. The highest BCUT2D eigenvalue weighted by Gasteiger charge is 2.28. The fourth-order valence-electron chi connectivity index (χ4n) is 3.01. The van der Waals surface area contributed by atoms with Gasteiger partial charge in [-0.05, 0) is 30.9 Å². The SMILES string of the molecule is CC(CN)C(=O)N(CCc1ccccc1F)C1CCCC1.Cl. The first-order valence-corrected chi connectivity index (χ1v) is 7.87. The van der Waals surface area contributed by atoms with Gasteiger partial charge in [-0.15, -0.1) is 12.4 Å². The van der Waals surface area contributed by atoms with Crippen molar-refractivity contribution in [1.82, 2.24) is 4.90 Å². The number of nitrogens with two attached hydrogens (primary N) is 1. The van der Waals surface area contributed by atoms with Gasteiger partial charge in [0.05, 0.1) is 0 Å². The maximum Gasteiger partial charge on any atom is 0.226 e. The van der Waals surface area contributed by atoms with Gasteiger partial charge >= 0.3 is 0 Å². The van der Waals surface area contributed by atoms with E-state index in [4.69, 9.17) is 5.73 Å². The van der Waals surface area contributed by atoms with Crippen LogP contribution in [0.2, 0.25) is 0 Å². The molecule has 1 aliphatic carbocycles. The number of carbonyl (C=O) groups is 1. The molecule has 22 heavy (non-hydrogen) atoms. The van der Waals surface area contributed by atoms with E-state index in [1.54, 1.807) is 12.1 Å². The highest BCUT2D eigenvalue weighted by molar-refractivity contribution is 5.85. The normalized spacial score (nSPS) is 16.1. The first kappa shape index (κ1) is 18.9. The highest BCUT2D eigenvalue weighted by atomic mass is 35.5. The number of hydrogen-bond acceptors (Lipinski definition) is 2. The van der Waals surface area contributed by atoms with Gasteiger partial charge in [0.1, 0.15) is 5.82 Å². The van der Waals surface area contributed by atoms with Gasteiger partial charge in [-0.3, -0.25) is 4.79 Å².